The van der Waals surface area contributed by atoms with Crippen LogP contribution in [0.1, 0.15) is 36.1 Å². The van der Waals surface area contributed by atoms with Crippen molar-refractivity contribution in [1.29, 1.82) is 5.26 Å². The molecular formula is C25H24FN7O2. The second kappa shape index (κ2) is 10.6. The van der Waals surface area contributed by atoms with E-state index in [1.165, 1.54) is 21.8 Å². The summed E-state index contributed by atoms with van der Waals surface area (Å²) in [5.74, 6) is -0.628. The first-order chi connectivity index (χ1) is 17.0. The standard InChI is InChI=1S/C25H24FN7O2/c26-18-10-8-17(9-11-18)16-32-23(34)13-12-22(30-32)25(35)29-14-4-7-21-20(15-27)24(28)33(31-21)19-5-2-1-3-6-19/h1-3,5-6,8-11H,4,7,12-14,16,28H2,(H,29,35). The number of anilines is 1. The largest absolute Gasteiger partial charge is 0.382 e. The first-order valence-electron chi connectivity index (χ1n) is 11.2. The molecule has 0 atom stereocenters. The van der Waals surface area contributed by atoms with Crippen LogP contribution in [0, 0.1) is 17.1 Å². The summed E-state index contributed by atoms with van der Waals surface area (Å²) in [6.45, 7) is 0.505. The van der Waals surface area contributed by atoms with E-state index in [0.29, 0.717) is 36.2 Å². The average Bonchev–Trinajstić information content (AvgIpc) is 3.19. The van der Waals surface area contributed by atoms with Gasteiger partial charge in [-0.1, -0.05) is 30.3 Å². The van der Waals surface area contributed by atoms with Crippen molar-refractivity contribution < 1.29 is 14.0 Å². The van der Waals surface area contributed by atoms with Crippen molar-refractivity contribution in [2.24, 2.45) is 5.10 Å². The maximum absolute atomic E-state index is 13.1. The second-order valence-electron chi connectivity index (χ2n) is 8.05. The molecular weight excluding hydrogens is 449 g/mol. The summed E-state index contributed by atoms with van der Waals surface area (Å²) in [4.78, 5) is 24.8. The van der Waals surface area contributed by atoms with Gasteiger partial charge in [0.25, 0.3) is 5.91 Å². The zero-order valence-electron chi connectivity index (χ0n) is 18.9. The zero-order valence-corrected chi connectivity index (χ0v) is 18.9. The van der Waals surface area contributed by atoms with Crippen LogP contribution in [-0.4, -0.2) is 38.9 Å². The van der Waals surface area contributed by atoms with E-state index in [-0.39, 0.29) is 48.5 Å². The Bertz CT molecular complexity index is 1290. The summed E-state index contributed by atoms with van der Waals surface area (Å²) in [5, 5.41) is 22.3. The maximum atomic E-state index is 13.1. The van der Waals surface area contributed by atoms with E-state index < -0.39 is 0 Å². The van der Waals surface area contributed by atoms with Gasteiger partial charge < -0.3 is 11.1 Å². The Morgan fingerprint density at radius 1 is 1.14 bits per heavy atom. The average molecular weight is 474 g/mol. The maximum Gasteiger partial charge on any atom is 0.267 e. The fourth-order valence-electron chi connectivity index (χ4n) is 3.75. The summed E-state index contributed by atoms with van der Waals surface area (Å²) >= 11 is 0. The van der Waals surface area contributed by atoms with E-state index in [0.717, 1.165) is 5.69 Å². The molecule has 0 saturated carbocycles. The number of amides is 2. The van der Waals surface area contributed by atoms with Crippen LogP contribution in [-0.2, 0) is 22.6 Å². The lowest BCUT2D eigenvalue weighted by molar-refractivity contribution is -0.132. The first-order valence-corrected chi connectivity index (χ1v) is 11.2. The number of aryl methyl sites for hydroxylation is 1. The minimum Gasteiger partial charge on any atom is -0.382 e. The van der Waals surface area contributed by atoms with E-state index in [9.17, 15) is 19.2 Å². The highest BCUT2D eigenvalue weighted by molar-refractivity contribution is 6.39. The number of nitrogens with zero attached hydrogens (tertiary/aromatic N) is 5. The number of aromatic nitrogens is 2. The number of nitrogens with one attached hydrogen (secondary N) is 1. The third kappa shape index (κ3) is 5.52. The van der Waals surface area contributed by atoms with Crippen LogP contribution >= 0.6 is 0 Å². The molecule has 1 aliphatic rings. The number of carbonyl (C=O) groups excluding carboxylic acids is 2. The third-order valence-electron chi connectivity index (χ3n) is 5.59. The molecule has 9 nitrogen and oxygen atoms in total. The molecule has 1 aliphatic heterocycles. The van der Waals surface area contributed by atoms with Crippen LogP contribution in [0.3, 0.4) is 0 Å². The molecule has 35 heavy (non-hydrogen) atoms. The van der Waals surface area contributed by atoms with Crippen molar-refractivity contribution in [3.63, 3.8) is 0 Å². The van der Waals surface area contributed by atoms with Crippen molar-refractivity contribution in [2.45, 2.75) is 32.2 Å². The molecule has 178 valence electrons. The molecule has 0 unspecified atom stereocenters. The molecule has 3 N–H and O–H groups in total. The minimum absolute atomic E-state index is 0.165. The summed E-state index contributed by atoms with van der Waals surface area (Å²) < 4.78 is 14.7. The van der Waals surface area contributed by atoms with Gasteiger partial charge in [-0.3, -0.25) is 9.59 Å². The quantitative estimate of drug-likeness (QED) is 0.486. The number of rotatable bonds is 8. The molecule has 0 radical (unpaired) electrons. The van der Waals surface area contributed by atoms with Gasteiger partial charge in [-0.15, -0.1) is 0 Å². The van der Waals surface area contributed by atoms with Crippen LogP contribution in [0.5, 0.6) is 0 Å². The van der Waals surface area contributed by atoms with Crippen molar-refractivity contribution in [3.8, 4) is 11.8 Å². The highest BCUT2D eigenvalue weighted by Gasteiger charge is 2.24. The molecule has 2 heterocycles. The van der Waals surface area contributed by atoms with E-state index in [1.807, 2.05) is 30.3 Å². The lowest BCUT2D eigenvalue weighted by Gasteiger charge is -2.23. The monoisotopic (exact) mass is 473 g/mol. The van der Waals surface area contributed by atoms with Gasteiger partial charge in [-0.05, 0) is 42.7 Å². The highest BCUT2D eigenvalue weighted by atomic mass is 19.1. The fourth-order valence-corrected chi connectivity index (χ4v) is 3.75. The molecule has 2 aromatic carbocycles. The van der Waals surface area contributed by atoms with Gasteiger partial charge in [0.2, 0.25) is 5.91 Å². The Balaban J connectivity index is 1.34. The van der Waals surface area contributed by atoms with Gasteiger partial charge in [0.1, 0.15) is 29.0 Å². The number of hydrogen-bond acceptors (Lipinski definition) is 6. The highest BCUT2D eigenvalue weighted by Crippen LogP contribution is 2.21. The Morgan fingerprint density at radius 2 is 1.89 bits per heavy atom. The number of para-hydroxylation sites is 1. The number of carbonyl (C=O) groups is 2. The molecule has 3 aromatic rings. The Labute approximate surface area is 201 Å². The van der Waals surface area contributed by atoms with Crippen molar-refractivity contribution in [3.05, 3.63) is 77.2 Å². The van der Waals surface area contributed by atoms with E-state index in [1.54, 1.807) is 12.1 Å². The molecule has 0 spiro atoms. The molecule has 2 amide bonds. The number of benzene rings is 2. The molecule has 4 rings (SSSR count). The van der Waals surface area contributed by atoms with Gasteiger partial charge >= 0.3 is 0 Å². The van der Waals surface area contributed by atoms with Gasteiger partial charge in [-0.25, -0.2) is 14.1 Å². The lowest BCUT2D eigenvalue weighted by Crippen LogP contribution is -2.39. The van der Waals surface area contributed by atoms with E-state index >= 15 is 0 Å². The van der Waals surface area contributed by atoms with Gasteiger partial charge in [0, 0.05) is 19.4 Å². The smallest absolute Gasteiger partial charge is 0.267 e. The van der Waals surface area contributed by atoms with Crippen LogP contribution in [0.4, 0.5) is 10.2 Å². The van der Waals surface area contributed by atoms with Gasteiger partial charge in [-0.2, -0.15) is 15.5 Å². The summed E-state index contributed by atoms with van der Waals surface area (Å²) in [5.41, 5.74) is 8.76. The Hall–Kier alpha value is -4.52. The minimum atomic E-state index is -0.362. The summed E-state index contributed by atoms with van der Waals surface area (Å²) in [7, 11) is 0. The Morgan fingerprint density at radius 3 is 2.60 bits per heavy atom. The topological polar surface area (TPSA) is 129 Å². The van der Waals surface area contributed by atoms with Gasteiger partial charge in [0.05, 0.1) is 17.9 Å². The van der Waals surface area contributed by atoms with Crippen LogP contribution in [0.15, 0.2) is 59.7 Å². The van der Waals surface area contributed by atoms with Crippen LogP contribution < -0.4 is 11.1 Å². The predicted molar refractivity (Wildman–Crippen MR) is 128 cm³/mol. The van der Waals surface area contributed by atoms with Gasteiger partial charge in [0.15, 0.2) is 0 Å². The lowest BCUT2D eigenvalue weighted by atomic mass is 10.1. The summed E-state index contributed by atoms with van der Waals surface area (Å²) in [6.07, 6.45) is 1.42. The number of nitrogen functional groups attached to an aromatic ring is 1. The Kier molecular flexibility index (Phi) is 7.16. The predicted octanol–water partition coefficient (Wildman–Crippen LogP) is 2.69. The van der Waals surface area contributed by atoms with Crippen molar-refractivity contribution in [2.75, 3.05) is 12.3 Å². The van der Waals surface area contributed by atoms with Crippen LogP contribution in [0.2, 0.25) is 0 Å². The zero-order chi connectivity index (χ0) is 24.8. The molecule has 0 fully saturated rings. The molecule has 1 aromatic heterocycles. The molecule has 0 aliphatic carbocycles. The number of hydrogen-bond donors (Lipinski definition) is 2. The second-order valence-corrected chi connectivity index (χ2v) is 8.05. The van der Waals surface area contributed by atoms with Crippen molar-refractivity contribution >= 4 is 23.3 Å². The van der Waals surface area contributed by atoms with Crippen molar-refractivity contribution in [1.82, 2.24) is 20.1 Å². The number of nitriles is 1. The molecule has 0 bridgehead atoms. The summed E-state index contributed by atoms with van der Waals surface area (Å²) in [6, 6.07) is 17.2. The number of hydrazone groups is 1. The molecule has 0 saturated heterocycles. The third-order valence-corrected chi connectivity index (χ3v) is 5.59. The van der Waals surface area contributed by atoms with E-state index in [4.69, 9.17) is 5.73 Å². The SMILES string of the molecule is N#Cc1c(CCCNC(=O)C2=NN(Cc3ccc(F)cc3)C(=O)CC2)nn(-c2ccccc2)c1N. The molecule has 10 heteroatoms. The fraction of sp³-hybridized carbons (Fsp3) is 0.240. The number of nitrogens with two attached hydrogens (primary N) is 1. The van der Waals surface area contributed by atoms with E-state index in [2.05, 4.69) is 21.6 Å². The number of halogens is 1. The first kappa shape index (κ1) is 23.6. The van der Waals surface area contributed by atoms with Crippen LogP contribution in [0.25, 0.3) is 5.69 Å². The normalized spacial score (nSPS) is 13.3.